The lowest BCUT2D eigenvalue weighted by Crippen LogP contribution is -1.96. The van der Waals surface area contributed by atoms with Crippen molar-refractivity contribution in [3.63, 3.8) is 0 Å². The van der Waals surface area contributed by atoms with Gasteiger partial charge >= 0.3 is 0 Å². The molecule has 0 amide bonds. The van der Waals surface area contributed by atoms with Gasteiger partial charge in [0.15, 0.2) is 0 Å². The van der Waals surface area contributed by atoms with Crippen molar-refractivity contribution in [3.8, 4) is 0 Å². The SMILES string of the molecule is C.C.C.C.C.C.C.C=CC(CC/C=C/CO)CCCCO.CC. The Morgan fingerprint density at radius 2 is 1.26 bits per heavy atom. The van der Waals surface area contributed by atoms with Crippen molar-refractivity contribution in [2.24, 2.45) is 5.92 Å². The van der Waals surface area contributed by atoms with Crippen LogP contribution in [0.15, 0.2) is 24.8 Å². The van der Waals surface area contributed by atoms with Gasteiger partial charge in [-0.1, -0.05) is 90.5 Å². The topological polar surface area (TPSA) is 40.5 Å². The summed E-state index contributed by atoms with van der Waals surface area (Å²) in [6.07, 6.45) is 10.9. The predicted molar refractivity (Wildman–Crippen MR) is 119 cm³/mol. The van der Waals surface area contributed by atoms with Gasteiger partial charge in [0.2, 0.25) is 0 Å². The fourth-order valence-electron chi connectivity index (χ4n) is 1.40. The number of hydrogen-bond acceptors (Lipinski definition) is 2. The highest BCUT2D eigenvalue weighted by Gasteiger charge is 2.01. The van der Waals surface area contributed by atoms with Gasteiger partial charge in [0, 0.05) is 6.61 Å². The number of rotatable bonds is 9. The quantitative estimate of drug-likeness (QED) is 0.332. The van der Waals surface area contributed by atoms with E-state index in [2.05, 4.69) is 6.58 Å². The standard InChI is InChI=1S/C12H22O2.C2H6.7CH4/c1-2-12(9-5-7-11-14)8-4-3-6-10-13;1-2;;;;;;;/h2-3,6,12-14H,1,4-5,7-11H2;1-2H3;7*1H4/b6-3+;;;;;;;;. The van der Waals surface area contributed by atoms with Crippen molar-refractivity contribution >= 4 is 0 Å². The van der Waals surface area contributed by atoms with E-state index in [1.807, 2.05) is 26.0 Å². The summed E-state index contributed by atoms with van der Waals surface area (Å²) in [5.41, 5.74) is 0. The van der Waals surface area contributed by atoms with Crippen molar-refractivity contribution in [1.82, 2.24) is 0 Å². The predicted octanol–water partition coefficient (Wildman–Crippen LogP) is 7.76. The third kappa shape index (κ3) is 52.4. The van der Waals surface area contributed by atoms with Gasteiger partial charge in [0.1, 0.15) is 0 Å². The highest BCUT2D eigenvalue weighted by molar-refractivity contribution is 4.85. The molecule has 1 unspecified atom stereocenters. The van der Waals surface area contributed by atoms with Crippen LogP contribution in [0.1, 0.15) is 97.9 Å². The Kier molecular flexibility index (Phi) is 144. The average molecular weight is 341 g/mol. The highest BCUT2D eigenvalue weighted by atomic mass is 16.3. The van der Waals surface area contributed by atoms with Crippen LogP contribution in [0.5, 0.6) is 0 Å². The molecule has 0 saturated heterocycles. The Morgan fingerprint density at radius 3 is 1.61 bits per heavy atom. The molecule has 2 nitrogen and oxygen atoms in total. The molecule has 0 rings (SSSR count). The van der Waals surface area contributed by atoms with Crippen LogP contribution in [0.25, 0.3) is 0 Å². The maximum Gasteiger partial charge on any atom is 0.0612 e. The average Bonchev–Trinajstić information content (AvgIpc) is 2.35. The second-order valence-corrected chi connectivity index (χ2v) is 3.45. The van der Waals surface area contributed by atoms with Crippen LogP contribution in [0, 0.1) is 5.92 Å². The summed E-state index contributed by atoms with van der Waals surface area (Å²) in [6.45, 7) is 8.22. The summed E-state index contributed by atoms with van der Waals surface area (Å²) in [6, 6.07) is 0. The maximum absolute atomic E-state index is 8.63. The zero-order chi connectivity index (χ0) is 12.6. The third-order valence-electron chi connectivity index (χ3n) is 2.29. The Hall–Kier alpha value is -0.600. The smallest absolute Gasteiger partial charge is 0.0612 e. The maximum atomic E-state index is 8.63. The fraction of sp³-hybridized carbons (Fsp3) is 0.810. The molecule has 0 fully saturated rings. The normalized spacial score (nSPS) is 8.35. The van der Waals surface area contributed by atoms with E-state index in [0.717, 1.165) is 32.1 Å². The lowest BCUT2D eigenvalue weighted by molar-refractivity contribution is 0.279. The molecule has 2 N–H and O–H groups in total. The summed E-state index contributed by atoms with van der Waals surface area (Å²) in [5.74, 6) is 0.546. The lowest BCUT2D eigenvalue weighted by Gasteiger charge is -2.09. The lowest BCUT2D eigenvalue weighted by atomic mass is 9.97. The first-order valence-electron chi connectivity index (χ1n) is 6.34. The van der Waals surface area contributed by atoms with Crippen LogP contribution >= 0.6 is 0 Å². The van der Waals surface area contributed by atoms with Crippen molar-refractivity contribution in [3.05, 3.63) is 24.8 Å². The Balaban J connectivity index is -0.0000000298. The van der Waals surface area contributed by atoms with E-state index < -0.39 is 0 Å². The first-order chi connectivity index (χ1) is 7.85. The molecule has 0 aromatic carbocycles. The molecule has 0 saturated carbocycles. The molecule has 0 radical (unpaired) electrons. The Bertz CT molecular complexity index is 154. The van der Waals surface area contributed by atoms with Gasteiger partial charge < -0.3 is 10.2 Å². The summed E-state index contributed by atoms with van der Waals surface area (Å²) < 4.78 is 0. The number of aliphatic hydroxyl groups is 2. The Morgan fingerprint density at radius 1 is 0.783 bits per heavy atom. The summed E-state index contributed by atoms with van der Waals surface area (Å²) in [4.78, 5) is 0. The molecular weight excluding hydrogens is 284 g/mol. The van der Waals surface area contributed by atoms with Gasteiger partial charge in [0.05, 0.1) is 6.61 Å². The van der Waals surface area contributed by atoms with Crippen molar-refractivity contribution in [1.29, 1.82) is 0 Å². The molecule has 0 spiro atoms. The van der Waals surface area contributed by atoms with Gasteiger partial charge in [0.25, 0.3) is 0 Å². The second kappa shape index (κ2) is 57.9. The Labute approximate surface area is 152 Å². The second-order valence-electron chi connectivity index (χ2n) is 3.45. The molecule has 2 heteroatoms. The monoisotopic (exact) mass is 340 g/mol. The van der Waals surface area contributed by atoms with Gasteiger partial charge in [-0.3, -0.25) is 0 Å². The van der Waals surface area contributed by atoms with E-state index >= 15 is 0 Å². The zero-order valence-corrected chi connectivity index (χ0v) is 10.9. The molecule has 0 aliphatic heterocycles. The van der Waals surface area contributed by atoms with Gasteiger partial charge in [-0.2, -0.15) is 0 Å². The minimum atomic E-state index is 0. The van der Waals surface area contributed by atoms with E-state index in [9.17, 15) is 0 Å². The van der Waals surface area contributed by atoms with Gasteiger partial charge in [-0.15, -0.1) is 6.58 Å². The first-order valence-corrected chi connectivity index (χ1v) is 6.34. The largest absolute Gasteiger partial charge is 0.396 e. The number of hydrogen-bond donors (Lipinski definition) is 2. The van der Waals surface area contributed by atoms with Crippen molar-refractivity contribution in [2.75, 3.05) is 13.2 Å². The molecule has 0 heterocycles. The third-order valence-corrected chi connectivity index (χ3v) is 2.29. The molecule has 23 heavy (non-hydrogen) atoms. The van der Waals surface area contributed by atoms with E-state index in [1.54, 1.807) is 6.08 Å². The molecule has 0 bridgehead atoms. The highest BCUT2D eigenvalue weighted by Crippen LogP contribution is 2.15. The van der Waals surface area contributed by atoms with Crippen LogP contribution in [0.4, 0.5) is 0 Å². The summed E-state index contributed by atoms with van der Waals surface area (Å²) in [7, 11) is 0. The zero-order valence-electron chi connectivity index (χ0n) is 10.9. The van der Waals surface area contributed by atoms with Gasteiger partial charge in [-0.25, -0.2) is 0 Å². The van der Waals surface area contributed by atoms with Crippen LogP contribution < -0.4 is 0 Å². The minimum Gasteiger partial charge on any atom is -0.396 e. The van der Waals surface area contributed by atoms with E-state index in [0.29, 0.717) is 5.92 Å². The number of aliphatic hydroxyl groups excluding tert-OH is 2. The van der Waals surface area contributed by atoms with E-state index in [-0.39, 0.29) is 65.2 Å². The molecule has 0 aliphatic rings. The molecule has 0 aliphatic carbocycles. The number of allylic oxidation sites excluding steroid dienone is 2. The molecule has 0 aromatic heterocycles. The fourth-order valence-corrected chi connectivity index (χ4v) is 1.40. The molecule has 152 valence electrons. The van der Waals surface area contributed by atoms with Crippen LogP contribution in [0.2, 0.25) is 0 Å². The molecular formula is C21H56O2. The van der Waals surface area contributed by atoms with E-state index in [1.165, 1.54) is 0 Å². The molecule has 0 aromatic rings. The summed E-state index contributed by atoms with van der Waals surface area (Å²) >= 11 is 0. The van der Waals surface area contributed by atoms with Gasteiger partial charge in [-0.05, 0) is 31.6 Å². The van der Waals surface area contributed by atoms with Crippen molar-refractivity contribution < 1.29 is 10.2 Å². The van der Waals surface area contributed by atoms with Crippen molar-refractivity contribution in [2.45, 2.75) is 97.9 Å². The summed E-state index contributed by atoms with van der Waals surface area (Å²) in [5, 5.41) is 17.2. The van der Waals surface area contributed by atoms with Crippen LogP contribution in [-0.4, -0.2) is 23.4 Å². The molecule has 1 atom stereocenters. The van der Waals surface area contributed by atoms with Crippen LogP contribution in [-0.2, 0) is 0 Å². The minimum absolute atomic E-state index is 0. The number of unbranched alkanes of at least 4 members (excludes halogenated alkanes) is 1. The van der Waals surface area contributed by atoms with E-state index in [4.69, 9.17) is 10.2 Å². The first kappa shape index (κ1) is 57.1. The van der Waals surface area contributed by atoms with Crippen LogP contribution in [0.3, 0.4) is 0 Å².